The number of aryl methyl sites for hydroxylation is 1. The number of benzene rings is 2. The largest absolute Gasteiger partial charge is 0.280 e. The predicted molar refractivity (Wildman–Crippen MR) is 94.1 cm³/mol. The van der Waals surface area contributed by atoms with Gasteiger partial charge in [0.2, 0.25) is 10.0 Å². The normalized spacial score (nSPS) is 16.8. The molecule has 0 radical (unpaired) electrons. The zero-order valence-electron chi connectivity index (χ0n) is 13.4. The van der Waals surface area contributed by atoms with E-state index in [1.54, 1.807) is 19.1 Å². The third-order valence-electron chi connectivity index (χ3n) is 3.94. The van der Waals surface area contributed by atoms with Crippen molar-refractivity contribution in [2.24, 2.45) is 0 Å². The lowest BCUT2D eigenvalue weighted by molar-refractivity contribution is 0.597. The van der Waals surface area contributed by atoms with Gasteiger partial charge in [-0.3, -0.25) is 9.03 Å². The van der Waals surface area contributed by atoms with Crippen LogP contribution in [-0.4, -0.2) is 29.1 Å². The van der Waals surface area contributed by atoms with E-state index in [4.69, 9.17) is 0 Å². The standard InChI is InChI=1S/C16H17FN2O4S2/c1-12-11-14(5-8-16(12)19-9-2-10-24(19,20)21)18-25(22,23)15-6-3-13(17)4-7-15/h3-8,11,18H,2,9-10H2,1H3. The maximum absolute atomic E-state index is 12.9. The van der Waals surface area contributed by atoms with Crippen LogP contribution in [0.4, 0.5) is 15.8 Å². The monoisotopic (exact) mass is 384 g/mol. The summed E-state index contributed by atoms with van der Waals surface area (Å²) >= 11 is 0. The van der Waals surface area contributed by atoms with E-state index in [2.05, 4.69) is 4.72 Å². The lowest BCUT2D eigenvalue weighted by Gasteiger charge is -2.20. The summed E-state index contributed by atoms with van der Waals surface area (Å²) in [4.78, 5) is -0.0576. The van der Waals surface area contributed by atoms with Crippen molar-refractivity contribution in [1.29, 1.82) is 0 Å². The van der Waals surface area contributed by atoms with Crippen molar-refractivity contribution in [2.75, 3.05) is 21.3 Å². The van der Waals surface area contributed by atoms with E-state index in [0.717, 1.165) is 12.1 Å². The summed E-state index contributed by atoms with van der Waals surface area (Å²) in [6.45, 7) is 2.14. The number of nitrogens with zero attached hydrogens (tertiary/aromatic N) is 1. The Morgan fingerprint density at radius 1 is 1.12 bits per heavy atom. The number of sulfonamides is 2. The average molecular weight is 384 g/mol. The smallest absolute Gasteiger partial charge is 0.261 e. The number of nitrogens with one attached hydrogen (secondary N) is 1. The van der Waals surface area contributed by atoms with Crippen LogP contribution in [0.15, 0.2) is 47.4 Å². The van der Waals surface area contributed by atoms with Gasteiger partial charge in [-0.05, 0) is 61.4 Å². The van der Waals surface area contributed by atoms with E-state index in [1.807, 2.05) is 0 Å². The van der Waals surface area contributed by atoms with Crippen LogP contribution < -0.4 is 9.03 Å². The quantitative estimate of drug-likeness (QED) is 0.878. The van der Waals surface area contributed by atoms with Crippen LogP contribution in [0.2, 0.25) is 0 Å². The summed E-state index contributed by atoms with van der Waals surface area (Å²) < 4.78 is 65.4. The summed E-state index contributed by atoms with van der Waals surface area (Å²) in [5, 5.41) is 0. The highest BCUT2D eigenvalue weighted by atomic mass is 32.2. The van der Waals surface area contributed by atoms with Gasteiger partial charge in [0.05, 0.1) is 16.3 Å². The third kappa shape index (κ3) is 3.62. The molecular weight excluding hydrogens is 367 g/mol. The van der Waals surface area contributed by atoms with Crippen LogP contribution >= 0.6 is 0 Å². The minimum Gasteiger partial charge on any atom is -0.280 e. The van der Waals surface area contributed by atoms with Crippen LogP contribution in [0.25, 0.3) is 0 Å². The number of rotatable bonds is 4. The Labute approximate surface area is 146 Å². The van der Waals surface area contributed by atoms with Crippen LogP contribution in [0, 0.1) is 12.7 Å². The highest BCUT2D eigenvalue weighted by Crippen LogP contribution is 2.30. The fourth-order valence-electron chi connectivity index (χ4n) is 2.74. The van der Waals surface area contributed by atoms with Gasteiger partial charge in [-0.1, -0.05) is 0 Å². The maximum Gasteiger partial charge on any atom is 0.261 e. The lowest BCUT2D eigenvalue weighted by atomic mass is 10.2. The summed E-state index contributed by atoms with van der Waals surface area (Å²) in [5.41, 5.74) is 1.49. The van der Waals surface area contributed by atoms with Gasteiger partial charge >= 0.3 is 0 Å². The molecule has 1 heterocycles. The molecule has 0 spiro atoms. The summed E-state index contributed by atoms with van der Waals surface area (Å²) in [6, 6.07) is 9.16. The van der Waals surface area contributed by atoms with Gasteiger partial charge in [-0.2, -0.15) is 0 Å². The number of anilines is 2. The molecule has 2 aromatic carbocycles. The number of hydrogen-bond acceptors (Lipinski definition) is 4. The first-order valence-electron chi connectivity index (χ1n) is 7.58. The Morgan fingerprint density at radius 3 is 2.36 bits per heavy atom. The Kier molecular flexibility index (Phi) is 4.46. The summed E-state index contributed by atoms with van der Waals surface area (Å²) in [6.07, 6.45) is 0.570. The van der Waals surface area contributed by atoms with Crippen molar-refractivity contribution in [3.05, 3.63) is 53.8 Å². The van der Waals surface area contributed by atoms with E-state index in [0.29, 0.717) is 29.9 Å². The minimum atomic E-state index is -3.85. The van der Waals surface area contributed by atoms with Gasteiger partial charge in [0.25, 0.3) is 10.0 Å². The molecule has 2 aromatic rings. The molecule has 9 heteroatoms. The molecule has 6 nitrogen and oxygen atoms in total. The summed E-state index contributed by atoms with van der Waals surface area (Å²) in [7, 11) is -7.15. The predicted octanol–water partition coefficient (Wildman–Crippen LogP) is 2.47. The SMILES string of the molecule is Cc1cc(NS(=O)(=O)c2ccc(F)cc2)ccc1N1CCCS1(=O)=O. The van der Waals surface area contributed by atoms with E-state index in [9.17, 15) is 21.2 Å². The van der Waals surface area contributed by atoms with Crippen LogP contribution in [0.3, 0.4) is 0 Å². The zero-order valence-corrected chi connectivity index (χ0v) is 15.1. The summed E-state index contributed by atoms with van der Waals surface area (Å²) in [5.74, 6) is -0.406. The van der Waals surface area contributed by atoms with E-state index in [-0.39, 0.29) is 10.6 Å². The second-order valence-electron chi connectivity index (χ2n) is 5.80. The Hall–Kier alpha value is -2.13. The van der Waals surface area contributed by atoms with Crippen LogP contribution in [0.1, 0.15) is 12.0 Å². The van der Waals surface area contributed by atoms with Crippen molar-refractivity contribution in [3.63, 3.8) is 0 Å². The Bertz CT molecular complexity index is 1000. The molecular formula is C16H17FN2O4S2. The first-order chi connectivity index (χ1) is 11.7. The molecule has 25 heavy (non-hydrogen) atoms. The van der Waals surface area contributed by atoms with Crippen LogP contribution in [-0.2, 0) is 20.0 Å². The molecule has 0 bridgehead atoms. The molecule has 134 valence electrons. The highest BCUT2D eigenvalue weighted by molar-refractivity contribution is 7.93. The second kappa shape index (κ2) is 6.30. The first kappa shape index (κ1) is 17.7. The maximum atomic E-state index is 12.9. The topological polar surface area (TPSA) is 83.6 Å². The van der Waals surface area contributed by atoms with E-state index < -0.39 is 25.9 Å². The number of halogens is 1. The van der Waals surface area contributed by atoms with Gasteiger partial charge < -0.3 is 0 Å². The Balaban J connectivity index is 1.87. The molecule has 1 N–H and O–H groups in total. The van der Waals surface area contributed by atoms with Gasteiger partial charge in [0.1, 0.15) is 5.82 Å². The van der Waals surface area contributed by atoms with Crippen molar-refractivity contribution < 1.29 is 21.2 Å². The van der Waals surface area contributed by atoms with E-state index >= 15 is 0 Å². The fraction of sp³-hybridized carbons (Fsp3) is 0.250. The number of hydrogen-bond donors (Lipinski definition) is 1. The minimum absolute atomic E-state index is 0.0576. The third-order valence-corrected chi connectivity index (χ3v) is 7.19. The van der Waals surface area contributed by atoms with Crippen molar-refractivity contribution >= 4 is 31.4 Å². The molecule has 1 fully saturated rings. The fourth-order valence-corrected chi connectivity index (χ4v) is 5.41. The average Bonchev–Trinajstić information content (AvgIpc) is 2.87. The molecule has 1 saturated heterocycles. The zero-order chi connectivity index (χ0) is 18.2. The molecule has 0 saturated carbocycles. The second-order valence-corrected chi connectivity index (χ2v) is 9.50. The molecule has 1 aliphatic heterocycles. The van der Waals surface area contributed by atoms with Crippen molar-refractivity contribution in [1.82, 2.24) is 0 Å². The van der Waals surface area contributed by atoms with Gasteiger partial charge in [0, 0.05) is 12.2 Å². The van der Waals surface area contributed by atoms with Crippen LogP contribution in [0.5, 0.6) is 0 Å². The highest BCUT2D eigenvalue weighted by Gasteiger charge is 2.29. The van der Waals surface area contributed by atoms with Crippen molar-refractivity contribution in [3.8, 4) is 0 Å². The molecule has 0 aromatic heterocycles. The molecule has 3 rings (SSSR count). The first-order valence-corrected chi connectivity index (χ1v) is 10.7. The van der Waals surface area contributed by atoms with Gasteiger partial charge in [-0.25, -0.2) is 21.2 Å². The molecule has 0 aliphatic carbocycles. The van der Waals surface area contributed by atoms with E-state index in [1.165, 1.54) is 22.5 Å². The molecule has 0 amide bonds. The van der Waals surface area contributed by atoms with Gasteiger partial charge in [0.15, 0.2) is 0 Å². The molecule has 0 atom stereocenters. The lowest BCUT2D eigenvalue weighted by Crippen LogP contribution is -2.25. The van der Waals surface area contributed by atoms with Gasteiger partial charge in [-0.15, -0.1) is 0 Å². The molecule has 0 unspecified atom stereocenters. The molecule has 1 aliphatic rings. The Morgan fingerprint density at radius 2 is 1.80 bits per heavy atom. The van der Waals surface area contributed by atoms with Crippen molar-refractivity contribution in [2.45, 2.75) is 18.2 Å².